The van der Waals surface area contributed by atoms with Gasteiger partial charge in [0.15, 0.2) is 0 Å². The number of benzene rings is 1. The normalized spacial score (nSPS) is 19.8. The van der Waals surface area contributed by atoms with Gasteiger partial charge in [-0.05, 0) is 17.5 Å². The molecule has 3 heteroatoms. The minimum Gasteiger partial charge on any atom is -0.496 e. The summed E-state index contributed by atoms with van der Waals surface area (Å²) < 4.78 is 11.0. The number of rotatable bonds is 2. The van der Waals surface area contributed by atoms with E-state index in [1.165, 1.54) is 0 Å². The maximum atomic E-state index is 5.69. The summed E-state index contributed by atoms with van der Waals surface area (Å²) in [5, 5.41) is 0. The van der Waals surface area contributed by atoms with Gasteiger partial charge in [0.05, 0.1) is 18.7 Å². The van der Waals surface area contributed by atoms with Crippen LogP contribution in [0.25, 0.3) is 0 Å². The van der Waals surface area contributed by atoms with Crippen molar-refractivity contribution in [2.45, 2.75) is 26.8 Å². The van der Waals surface area contributed by atoms with Gasteiger partial charge in [0.2, 0.25) is 5.90 Å². The second kappa shape index (κ2) is 4.40. The molecule has 1 aliphatic rings. The van der Waals surface area contributed by atoms with Gasteiger partial charge in [0.25, 0.3) is 0 Å². The Kier molecular flexibility index (Phi) is 3.09. The molecule has 0 N–H and O–H groups in total. The average molecular weight is 233 g/mol. The van der Waals surface area contributed by atoms with Crippen LogP contribution >= 0.6 is 0 Å². The summed E-state index contributed by atoms with van der Waals surface area (Å²) in [5.74, 6) is 1.50. The van der Waals surface area contributed by atoms with Gasteiger partial charge in [-0.25, -0.2) is 4.99 Å². The van der Waals surface area contributed by atoms with Crippen molar-refractivity contribution < 1.29 is 9.47 Å². The van der Waals surface area contributed by atoms with Crippen molar-refractivity contribution in [3.8, 4) is 5.75 Å². The van der Waals surface area contributed by atoms with Crippen molar-refractivity contribution in [1.29, 1.82) is 0 Å². The molecule has 17 heavy (non-hydrogen) atoms. The Balaban J connectivity index is 2.30. The van der Waals surface area contributed by atoms with Crippen LogP contribution in [0.5, 0.6) is 5.75 Å². The second-order valence-corrected chi connectivity index (χ2v) is 5.33. The summed E-state index contributed by atoms with van der Waals surface area (Å²) >= 11 is 0. The molecule has 0 amide bonds. The third-order valence-corrected chi connectivity index (χ3v) is 2.99. The minimum atomic E-state index is 0.129. The molecular formula is C14H19NO2. The average Bonchev–Trinajstić information content (AvgIpc) is 2.77. The Hall–Kier alpha value is -1.51. The largest absolute Gasteiger partial charge is 0.496 e. The van der Waals surface area contributed by atoms with Crippen molar-refractivity contribution in [3.63, 3.8) is 0 Å². The molecule has 1 heterocycles. The highest BCUT2D eigenvalue weighted by molar-refractivity contribution is 5.97. The first kappa shape index (κ1) is 12.0. The van der Waals surface area contributed by atoms with Crippen LogP contribution in [-0.4, -0.2) is 25.7 Å². The van der Waals surface area contributed by atoms with Crippen LogP contribution in [0.2, 0.25) is 0 Å². The van der Waals surface area contributed by atoms with Crippen LogP contribution < -0.4 is 4.74 Å². The van der Waals surface area contributed by atoms with Crippen molar-refractivity contribution in [2.24, 2.45) is 10.4 Å². The van der Waals surface area contributed by atoms with E-state index in [0.29, 0.717) is 12.5 Å². The standard InChI is InChI=1S/C14H19NO2/c1-14(2,3)12-9-17-13(15-12)10-7-5-6-8-11(10)16-4/h5-8,12H,9H2,1-4H3/t12-/m1/s1. The number of hydrogen-bond donors (Lipinski definition) is 0. The summed E-state index contributed by atoms with van der Waals surface area (Å²) in [6, 6.07) is 8.02. The molecule has 1 aromatic rings. The van der Waals surface area contributed by atoms with E-state index in [1.54, 1.807) is 7.11 Å². The lowest BCUT2D eigenvalue weighted by molar-refractivity contribution is 0.235. The van der Waals surface area contributed by atoms with E-state index in [1.807, 2.05) is 24.3 Å². The fraction of sp³-hybridized carbons (Fsp3) is 0.500. The van der Waals surface area contributed by atoms with Crippen molar-refractivity contribution in [1.82, 2.24) is 0 Å². The topological polar surface area (TPSA) is 30.8 Å². The predicted octanol–water partition coefficient (Wildman–Crippen LogP) is 2.89. The van der Waals surface area contributed by atoms with Gasteiger partial charge in [0.1, 0.15) is 12.4 Å². The number of nitrogens with zero attached hydrogens (tertiary/aromatic N) is 1. The Labute approximate surface area is 102 Å². The Morgan fingerprint density at radius 3 is 2.59 bits per heavy atom. The molecule has 0 saturated carbocycles. The molecule has 1 aromatic carbocycles. The molecule has 0 radical (unpaired) electrons. The molecular weight excluding hydrogens is 214 g/mol. The fourth-order valence-electron chi connectivity index (χ4n) is 1.79. The number of aliphatic imine (C=N–C) groups is 1. The zero-order chi connectivity index (χ0) is 12.5. The first-order valence-corrected chi connectivity index (χ1v) is 5.86. The van der Waals surface area contributed by atoms with Crippen LogP contribution in [0.3, 0.4) is 0 Å². The first-order valence-electron chi connectivity index (χ1n) is 5.86. The van der Waals surface area contributed by atoms with Crippen LogP contribution in [0.1, 0.15) is 26.3 Å². The summed E-state index contributed by atoms with van der Waals surface area (Å²) in [6.07, 6.45) is 0. The fourth-order valence-corrected chi connectivity index (χ4v) is 1.79. The quantitative estimate of drug-likeness (QED) is 0.786. The Morgan fingerprint density at radius 2 is 2.00 bits per heavy atom. The van der Waals surface area contributed by atoms with Crippen molar-refractivity contribution in [2.75, 3.05) is 13.7 Å². The molecule has 0 unspecified atom stereocenters. The van der Waals surface area contributed by atoms with Crippen LogP contribution in [0.15, 0.2) is 29.3 Å². The van der Waals surface area contributed by atoms with E-state index in [0.717, 1.165) is 11.3 Å². The molecule has 92 valence electrons. The molecule has 0 fully saturated rings. The predicted molar refractivity (Wildman–Crippen MR) is 68.7 cm³/mol. The monoisotopic (exact) mass is 233 g/mol. The Morgan fingerprint density at radius 1 is 1.29 bits per heavy atom. The molecule has 0 aromatic heterocycles. The highest BCUT2D eigenvalue weighted by atomic mass is 16.5. The summed E-state index contributed by atoms with van der Waals surface area (Å²) in [7, 11) is 1.66. The van der Waals surface area contributed by atoms with E-state index in [-0.39, 0.29) is 11.5 Å². The maximum Gasteiger partial charge on any atom is 0.220 e. The van der Waals surface area contributed by atoms with Gasteiger partial charge in [-0.3, -0.25) is 0 Å². The number of methoxy groups -OCH3 is 1. The number of ether oxygens (including phenoxy) is 2. The highest BCUT2D eigenvalue weighted by Gasteiger charge is 2.31. The van der Waals surface area contributed by atoms with Crippen LogP contribution in [0, 0.1) is 5.41 Å². The van der Waals surface area contributed by atoms with Crippen LogP contribution in [0.4, 0.5) is 0 Å². The summed E-state index contributed by atoms with van der Waals surface area (Å²) in [4.78, 5) is 4.65. The molecule has 0 aliphatic carbocycles. The molecule has 1 atom stereocenters. The van der Waals surface area contributed by atoms with E-state index >= 15 is 0 Å². The second-order valence-electron chi connectivity index (χ2n) is 5.33. The first-order chi connectivity index (χ1) is 8.02. The smallest absolute Gasteiger partial charge is 0.220 e. The van der Waals surface area contributed by atoms with Crippen molar-refractivity contribution >= 4 is 5.90 Å². The molecule has 3 nitrogen and oxygen atoms in total. The van der Waals surface area contributed by atoms with Gasteiger partial charge < -0.3 is 9.47 Å². The summed E-state index contributed by atoms with van der Waals surface area (Å²) in [5.41, 5.74) is 1.06. The van der Waals surface area contributed by atoms with E-state index in [9.17, 15) is 0 Å². The van der Waals surface area contributed by atoms with E-state index < -0.39 is 0 Å². The maximum absolute atomic E-state index is 5.69. The van der Waals surface area contributed by atoms with Gasteiger partial charge in [-0.2, -0.15) is 0 Å². The van der Waals surface area contributed by atoms with Crippen LogP contribution in [-0.2, 0) is 4.74 Å². The number of hydrogen-bond acceptors (Lipinski definition) is 3. The highest BCUT2D eigenvalue weighted by Crippen LogP contribution is 2.29. The SMILES string of the molecule is COc1ccccc1C1=N[C@@H](C(C)(C)C)CO1. The lowest BCUT2D eigenvalue weighted by Gasteiger charge is -2.21. The third kappa shape index (κ3) is 2.43. The number of para-hydroxylation sites is 1. The lowest BCUT2D eigenvalue weighted by atomic mass is 9.88. The zero-order valence-electron chi connectivity index (χ0n) is 10.9. The zero-order valence-corrected chi connectivity index (χ0v) is 10.9. The molecule has 0 spiro atoms. The molecule has 0 bridgehead atoms. The van der Waals surface area contributed by atoms with Gasteiger partial charge >= 0.3 is 0 Å². The Bertz CT molecular complexity index is 432. The molecule has 1 aliphatic heterocycles. The van der Waals surface area contributed by atoms with Gasteiger partial charge in [-0.15, -0.1) is 0 Å². The van der Waals surface area contributed by atoms with E-state index in [4.69, 9.17) is 9.47 Å². The van der Waals surface area contributed by atoms with Gasteiger partial charge in [0, 0.05) is 0 Å². The van der Waals surface area contributed by atoms with E-state index in [2.05, 4.69) is 25.8 Å². The van der Waals surface area contributed by atoms with Gasteiger partial charge in [-0.1, -0.05) is 32.9 Å². The summed E-state index contributed by atoms with van der Waals surface area (Å²) in [6.45, 7) is 7.18. The molecule has 2 rings (SSSR count). The lowest BCUT2D eigenvalue weighted by Crippen LogP contribution is -2.25. The molecule has 0 saturated heterocycles. The van der Waals surface area contributed by atoms with Crippen molar-refractivity contribution in [3.05, 3.63) is 29.8 Å². The third-order valence-electron chi connectivity index (χ3n) is 2.99. The minimum absolute atomic E-state index is 0.129.